The first-order chi connectivity index (χ1) is 9.21. The number of nitrogens with one attached hydrogen (secondary N) is 1. The van der Waals surface area contributed by atoms with Crippen LogP contribution in [0.5, 0.6) is 0 Å². The molecule has 0 aliphatic rings. The first-order valence-corrected chi connectivity index (χ1v) is 7.52. The van der Waals surface area contributed by atoms with E-state index >= 15 is 0 Å². The fourth-order valence-electron chi connectivity index (χ4n) is 2.29. The second-order valence-corrected chi connectivity index (χ2v) is 5.34. The summed E-state index contributed by atoms with van der Waals surface area (Å²) in [4.78, 5) is 0. The van der Waals surface area contributed by atoms with Crippen LogP contribution >= 0.6 is 0 Å². The van der Waals surface area contributed by atoms with Gasteiger partial charge in [-0.1, -0.05) is 51.5 Å². The van der Waals surface area contributed by atoms with E-state index in [-0.39, 0.29) is 0 Å². The predicted molar refractivity (Wildman–Crippen MR) is 82.5 cm³/mol. The largest absolute Gasteiger partial charge is 0.384 e. The molecule has 0 aliphatic carbocycles. The summed E-state index contributed by atoms with van der Waals surface area (Å²) in [5, 5.41) is 3.60. The number of hydrogen-bond acceptors (Lipinski definition) is 2. The van der Waals surface area contributed by atoms with Crippen molar-refractivity contribution in [3.63, 3.8) is 0 Å². The number of hydrogen-bond donors (Lipinski definition) is 1. The molecule has 2 atom stereocenters. The predicted octanol–water partition coefficient (Wildman–Crippen LogP) is 3.96. The van der Waals surface area contributed by atoms with E-state index in [1.54, 1.807) is 7.11 Å². The maximum atomic E-state index is 5.12. The van der Waals surface area contributed by atoms with Gasteiger partial charge in [-0.15, -0.1) is 0 Å². The maximum absolute atomic E-state index is 5.12. The molecule has 0 amide bonds. The summed E-state index contributed by atoms with van der Waals surface area (Å²) < 4.78 is 5.12. The van der Waals surface area contributed by atoms with E-state index in [0.717, 1.165) is 25.5 Å². The third-order valence-electron chi connectivity index (χ3n) is 3.76. The molecule has 1 N–H and O–H groups in total. The molecular formula is C17H29NO. The molecule has 2 nitrogen and oxygen atoms in total. The Morgan fingerprint density at radius 1 is 1.16 bits per heavy atom. The molecule has 0 fully saturated rings. The highest BCUT2D eigenvalue weighted by atomic mass is 16.5. The summed E-state index contributed by atoms with van der Waals surface area (Å²) in [5.74, 6) is 0.761. The van der Waals surface area contributed by atoms with Gasteiger partial charge in [-0.05, 0) is 36.4 Å². The minimum Gasteiger partial charge on any atom is -0.384 e. The number of benzene rings is 1. The summed E-state index contributed by atoms with van der Waals surface area (Å²) in [5.41, 5.74) is 2.76. The highest BCUT2D eigenvalue weighted by molar-refractivity contribution is 5.25. The molecule has 1 aromatic carbocycles. The maximum Gasteiger partial charge on any atom is 0.0502 e. The first kappa shape index (κ1) is 16.2. The van der Waals surface area contributed by atoms with Crippen molar-refractivity contribution in [1.29, 1.82) is 0 Å². The Bertz CT molecular complexity index is 334. The summed E-state index contributed by atoms with van der Waals surface area (Å²) >= 11 is 0. The Balaban J connectivity index is 2.67. The molecule has 0 aromatic heterocycles. The average molecular weight is 263 g/mol. The number of ether oxygens (including phenoxy) is 1. The van der Waals surface area contributed by atoms with Crippen LogP contribution in [0.2, 0.25) is 0 Å². The molecule has 0 spiro atoms. The van der Waals surface area contributed by atoms with Gasteiger partial charge in [0.05, 0.1) is 6.61 Å². The molecular weight excluding hydrogens is 234 g/mol. The van der Waals surface area contributed by atoms with Gasteiger partial charge in [-0.2, -0.15) is 0 Å². The van der Waals surface area contributed by atoms with E-state index in [9.17, 15) is 0 Å². The minimum atomic E-state index is 0.483. The highest BCUT2D eigenvalue weighted by Gasteiger charge is 2.13. The van der Waals surface area contributed by atoms with Gasteiger partial charge in [0.2, 0.25) is 0 Å². The third-order valence-corrected chi connectivity index (χ3v) is 3.76. The van der Waals surface area contributed by atoms with Crippen LogP contribution in [-0.4, -0.2) is 20.3 Å². The fourth-order valence-corrected chi connectivity index (χ4v) is 2.29. The van der Waals surface area contributed by atoms with Gasteiger partial charge < -0.3 is 10.1 Å². The fraction of sp³-hybridized carbons (Fsp3) is 0.647. The van der Waals surface area contributed by atoms with E-state index in [1.807, 2.05) is 0 Å². The summed E-state index contributed by atoms with van der Waals surface area (Å²) in [6.07, 6.45) is 3.45. The third kappa shape index (κ3) is 5.75. The van der Waals surface area contributed by atoms with Gasteiger partial charge in [0, 0.05) is 13.2 Å². The molecule has 19 heavy (non-hydrogen) atoms. The van der Waals surface area contributed by atoms with Gasteiger partial charge in [0.1, 0.15) is 0 Å². The zero-order valence-electron chi connectivity index (χ0n) is 12.9. The zero-order chi connectivity index (χ0) is 14.1. The first-order valence-electron chi connectivity index (χ1n) is 7.52. The molecule has 2 unspecified atom stereocenters. The van der Waals surface area contributed by atoms with Gasteiger partial charge in [-0.25, -0.2) is 0 Å². The zero-order valence-corrected chi connectivity index (χ0v) is 12.9. The molecule has 2 heteroatoms. The number of methoxy groups -OCH3 is 1. The van der Waals surface area contributed by atoms with Crippen molar-refractivity contribution in [3.05, 3.63) is 35.4 Å². The Morgan fingerprint density at radius 2 is 1.84 bits per heavy atom. The smallest absolute Gasteiger partial charge is 0.0502 e. The topological polar surface area (TPSA) is 21.3 Å². The minimum absolute atomic E-state index is 0.483. The van der Waals surface area contributed by atoms with Gasteiger partial charge in [0.15, 0.2) is 0 Å². The van der Waals surface area contributed by atoms with Crippen LogP contribution in [0.4, 0.5) is 0 Å². The molecule has 0 saturated heterocycles. The lowest BCUT2D eigenvalue weighted by Crippen LogP contribution is -2.22. The SMILES string of the molecule is CCNC(CC(C)CC)c1ccc(CCOC)cc1. The molecule has 1 aromatic rings. The van der Waals surface area contributed by atoms with E-state index in [2.05, 4.69) is 50.4 Å². The van der Waals surface area contributed by atoms with Crippen molar-refractivity contribution in [3.8, 4) is 0 Å². The summed E-state index contributed by atoms with van der Waals surface area (Å²) in [6, 6.07) is 9.47. The second kappa shape index (κ2) is 9.11. The van der Waals surface area contributed by atoms with E-state index in [0.29, 0.717) is 6.04 Å². The Morgan fingerprint density at radius 3 is 2.37 bits per heavy atom. The molecule has 0 bridgehead atoms. The van der Waals surface area contributed by atoms with Crippen LogP contribution in [-0.2, 0) is 11.2 Å². The lowest BCUT2D eigenvalue weighted by molar-refractivity contribution is 0.202. The molecule has 0 aliphatic heterocycles. The monoisotopic (exact) mass is 263 g/mol. The molecule has 0 heterocycles. The Labute approximate surface area is 118 Å². The van der Waals surface area contributed by atoms with Crippen LogP contribution in [0.3, 0.4) is 0 Å². The van der Waals surface area contributed by atoms with Crippen molar-refractivity contribution >= 4 is 0 Å². The lowest BCUT2D eigenvalue weighted by atomic mass is 9.93. The Hall–Kier alpha value is -0.860. The van der Waals surface area contributed by atoms with Crippen molar-refractivity contribution in [1.82, 2.24) is 5.32 Å². The van der Waals surface area contributed by atoms with Gasteiger partial charge >= 0.3 is 0 Å². The van der Waals surface area contributed by atoms with Crippen LogP contribution in [0, 0.1) is 5.92 Å². The van der Waals surface area contributed by atoms with Crippen LogP contribution < -0.4 is 5.32 Å². The van der Waals surface area contributed by atoms with Crippen molar-refractivity contribution < 1.29 is 4.74 Å². The highest BCUT2D eigenvalue weighted by Crippen LogP contribution is 2.23. The normalized spacial score (nSPS) is 14.3. The second-order valence-electron chi connectivity index (χ2n) is 5.34. The number of rotatable bonds is 9. The van der Waals surface area contributed by atoms with E-state index in [1.165, 1.54) is 24.0 Å². The van der Waals surface area contributed by atoms with Crippen molar-refractivity contribution in [2.45, 2.75) is 46.1 Å². The van der Waals surface area contributed by atoms with Gasteiger partial charge in [-0.3, -0.25) is 0 Å². The lowest BCUT2D eigenvalue weighted by Gasteiger charge is -2.22. The molecule has 108 valence electrons. The van der Waals surface area contributed by atoms with Crippen molar-refractivity contribution in [2.75, 3.05) is 20.3 Å². The Kier molecular flexibility index (Phi) is 7.76. The van der Waals surface area contributed by atoms with Gasteiger partial charge in [0.25, 0.3) is 0 Å². The molecule has 1 rings (SSSR count). The van der Waals surface area contributed by atoms with Crippen molar-refractivity contribution in [2.24, 2.45) is 5.92 Å². The summed E-state index contributed by atoms with van der Waals surface area (Å²) in [7, 11) is 1.75. The van der Waals surface area contributed by atoms with Crippen LogP contribution in [0.15, 0.2) is 24.3 Å². The average Bonchev–Trinajstić information content (AvgIpc) is 2.45. The standard InChI is InChI=1S/C17H29NO/c1-5-14(3)13-17(18-6-2)16-9-7-15(8-10-16)11-12-19-4/h7-10,14,17-18H,5-6,11-13H2,1-4H3. The van der Waals surface area contributed by atoms with Crippen LogP contribution in [0.25, 0.3) is 0 Å². The quantitative estimate of drug-likeness (QED) is 0.728. The van der Waals surface area contributed by atoms with E-state index in [4.69, 9.17) is 4.74 Å². The molecule has 0 radical (unpaired) electrons. The van der Waals surface area contributed by atoms with E-state index < -0.39 is 0 Å². The summed E-state index contributed by atoms with van der Waals surface area (Å²) in [6.45, 7) is 8.59. The molecule has 0 saturated carbocycles. The van der Waals surface area contributed by atoms with Crippen LogP contribution in [0.1, 0.15) is 50.8 Å².